The Balaban J connectivity index is 2.29. The van der Waals surface area contributed by atoms with Gasteiger partial charge in [-0.05, 0) is 19.8 Å². The lowest BCUT2D eigenvalue weighted by molar-refractivity contribution is -0.0444. The Hall–Kier alpha value is -0.150. The minimum Gasteiger partial charge on any atom is -0.393 e. The highest BCUT2D eigenvalue weighted by atomic mass is 19.1. The Morgan fingerprint density at radius 2 is 2.45 bits per heavy atom. The quantitative estimate of drug-likeness (QED) is 0.659. The number of alkyl halides is 1. The molecule has 0 aliphatic carbocycles. The molecule has 3 atom stereocenters. The van der Waals surface area contributed by atoms with Crippen molar-refractivity contribution in [2.45, 2.75) is 32.0 Å². The summed E-state index contributed by atoms with van der Waals surface area (Å²) in [5, 5.41) is 9.37. The third kappa shape index (κ3) is 2.75. The van der Waals surface area contributed by atoms with Gasteiger partial charge in [-0.25, -0.2) is 4.39 Å². The van der Waals surface area contributed by atoms with E-state index < -0.39 is 6.17 Å². The predicted molar refractivity (Wildman–Crippen MR) is 40.1 cm³/mol. The highest BCUT2D eigenvalue weighted by Crippen LogP contribution is 2.20. The molecule has 1 aliphatic heterocycles. The lowest BCUT2D eigenvalue weighted by atomic mass is 9.94. The first kappa shape index (κ1) is 8.94. The normalized spacial score (nSPS) is 35.2. The summed E-state index contributed by atoms with van der Waals surface area (Å²) >= 11 is 0. The Kier molecular flexibility index (Phi) is 3.27. The van der Waals surface area contributed by atoms with E-state index in [-0.39, 0.29) is 12.0 Å². The van der Waals surface area contributed by atoms with Gasteiger partial charge in [-0.1, -0.05) is 0 Å². The maximum absolute atomic E-state index is 12.5. The van der Waals surface area contributed by atoms with Crippen LogP contribution in [0.5, 0.6) is 0 Å². The van der Waals surface area contributed by atoms with Gasteiger partial charge in [-0.15, -0.1) is 0 Å². The van der Waals surface area contributed by atoms with Crippen molar-refractivity contribution in [3.8, 4) is 0 Å². The fourth-order valence-corrected chi connectivity index (χ4v) is 1.43. The zero-order valence-electron chi connectivity index (χ0n) is 6.79. The van der Waals surface area contributed by atoms with Gasteiger partial charge in [0.05, 0.1) is 18.9 Å². The van der Waals surface area contributed by atoms with E-state index in [2.05, 4.69) is 0 Å². The minimum absolute atomic E-state index is 0.00347. The molecule has 0 aromatic rings. The summed E-state index contributed by atoms with van der Waals surface area (Å²) in [4.78, 5) is 0. The number of ether oxygens (including phenoxy) is 1. The molecule has 0 bridgehead atoms. The van der Waals surface area contributed by atoms with Gasteiger partial charge in [0.1, 0.15) is 0 Å². The predicted octanol–water partition coefficient (Wildman–Crippen LogP) is 1.13. The molecule has 1 aliphatic rings. The summed E-state index contributed by atoms with van der Waals surface area (Å²) in [5.74, 6) is 0.00347. The van der Waals surface area contributed by atoms with E-state index in [4.69, 9.17) is 4.74 Å². The second-order valence-electron chi connectivity index (χ2n) is 3.21. The van der Waals surface area contributed by atoms with Gasteiger partial charge >= 0.3 is 0 Å². The van der Waals surface area contributed by atoms with Crippen molar-refractivity contribution in [2.75, 3.05) is 13.2 Å². The number of halogens is 1. The SMILES string of the molecule is CC(F)CC1COCCC1O. The number of hydrogen-bond acceptors (Lipinski definition) is 2. The van der Waals surface area contributed by atoms with Crippen LogP contribution in [0.25, 0.3) is 0 Å². The Bertz CT molecular complexity index is 117. The van der Waals surface area contributed by atoms with E-state index in [9.17, 15) is 9.50 Å². The third-order valence-electron chi connectivity index (χ3n) is 2.06. The van der Waals surface area contributed by atoms with E-state index >= 15 is 0 Å². The first-order valence-electron chi connectivity index (χ1n) is 4.10. The fraction of sp³-hybridized carbons (Fsp3) is 1.00. The monoisotopic (exact) mass is 162 g/mol. The average molecular weight is 162 g/mol. The molecule has 0 spiro atoms. The van der Waals surface area contributed by atoms with Gasteiger partial charge < -0.3 is 9.84 Å². The Labute approximate surface area is 66.4 Å². The molecule has 0 aromatic heterocycles. The van der Waals surface area contributed by atoms with Gasteiger partial charge in [0, 0.05) is 12.5 Å². The number of aliphatic hydroxyl groups is 1. The highest BCUT2D eigenvalue weighted by Gasteiger charge is 2.24. The molecule has 0 amide bonds. The van der Waals surface area contributed by atoms with Crippen molar-refractivity contribution < 1.29 is 14.2 Å². The van der Waals surface area contributed by atoms with Crippen molar-refractivity contribution in [1.82, 2.24) is 0 Å². The van der Waals surface area contributed by atoms with Crippen LogP contribution in [0.4, 0.5) is 4.39 Å². The topological polar surface area (TPSA) is 29.5 Å². The molecule has 1 N–H and O–H groups in total. The van der Waals surface area contributed by atoms with E-state index in [0.29, 0.717) is 26.1 Å². The zero-order chi connectivity index (χ0) is 8.27. The summed E-state index contributed by atoms with van der Waals surface area (Å²) in [6, 6.07) is 0. The molecular formula is C8H15FO2. The Morgan fingerprint density at radius 1 is 1.73 bits per heavy atom. The molecule has 3 unspecified atom stereocenters. The average Bonchev–Trinajstić information content (AvgIpc) is 1.93. The molecule has 1 saturated heterocycles. The van der Waals surface area contributed by atoms with E-state index in [1.807, 2.05) is 0 Å². The van der Waals surface area contributed by atoms with Gasteiger partial charge in [0.2, 0.25) is 0 Å². The van der Waals surface area contributed by atoms with Gasteiger partial charge in [-0.3, -0.25) is 0 Å². The maximum atomic E-state index is 12.5. The van der Waals surface area contributed by atoms with E-state index in [0.717, 1.165) is 0 Å². The van der Waals surface area contributed by atoms with Crippen LogP contribution >= 0.6 is 0 Å². The molecule has 2 nitrogen and oxygen atoms in total. The van der Waals surface area contributed by atoms with Gasteiger partial charge in [-0.2, -0.15) is 0 Å². The smallest absolute Gasteiger partial charge is 0.0978 e. The van der Waals surface area contributed by atoms with Crippen molar-refractivity contribution in [3.63, 3.8) is 0 Å². The number of hydrogen-bond donors (Lipinski definition) is 1. The first-order valence-corrected chi connectivity index (χ1v) is 4.10. The molecular weight excluding hydrogens is 147 g/mol. The molecule has 1 fully saturated rings. The van der Waals surface area contributed by atoms with Gasteiger partial charge in [0.15, 0.2) is 0 Å². The molecule has 11 heavy (non-hydrogen) atoms. The van der Waals surface area contributed by atoms with Crippen molar-refractivity contribution in [2.24, 2.45) is 5.92 Å². The lowest BCUT2D eigenvalue weighted by Gasteiger charge is -2.27. The Morgan fingerprint density at radius 3 is 3.00 bits per heavy atom. The van der Waals surface area contributed by atoms with Crippen LogP contribution in [0.3, 0.4) is 0 Å². The minimum atomic E-state index is -0.837. The van der Waals surface area contributed by atoms with Crippen LogP contribution in [-0.2, 0) is 4.74 Å². The molecule has 1 rings (SSSR count). The van der Waals surface area contributed by atoms with Crippen LogP contribution in [0.1, 0.15) is 19.8 Å². The molecule has 3 heteroatoms. The summed E-state index contributed by atoms with van der Waals surface area (Å²) in [6.45, 7) is 2.63. The number of aliphatic hydroxyl groups excluding tert-OH is 1. The molecule has 0 saturated carbocycles. The van der Waals surface area contributed by atoms with Crippen molar-refractivity contribution >= 4 is 0 Å². The highest BCUT2D eigenvalue weighted by molar-refractivity contribution is 4.74. The molecule has 1 heterocycles. The van der Waals surface area contributed by atoms with Crippen molar-refractivity contribution in [3.05, 3.63) is 0 Å². The second-order valence-corrected chi connectivity index (χ2v) is 3.21. The fourth-order valence-electron chi connectivity index (χ4n) is 1.43. The van der Waals surface area contributed by atoms with Crippen molar-refractivity contribution in [1.29, 1.82) is 0 Å². The van der Waals surface area contributed by atoms with Crippen LogP contribution < -0.4 is 0 Å². The van der Waals surface area contributed by atoms with E-state index in [1.54, 1.807) is 0 Å². The standard InChI is InChI=1S/C8H15FO2/c1-6(9)4-7-5-11-3-2-8(7)10/h6-8,10H,2-5H2,1H3. The lowest BCUT2D eigenvalue weighted by Crippen LogP contribution is -2.33. The summed E-state index contributed by atoms with van der Waals surface area (Å²) < 4.78 is 17.6. The van der Waals surface area contributed by atoms with Gasteiger partial charge in [0.25, 0.3) is 0 Å². The molecule has 0 aromatic carbocycles. The van der Waals surface area contributed by atoms with E-state index in [1.165, 1.54) is 6.92 Å². The number of rotatable bonds is 2. The van der Waals surface area contributed by atoms with Crippen LogP contribution in [0.2, 0.25) is 0 Å². The molecule has 0 radical (unpaired) electrons. The third-order valence-corrected chi connectivity index (χ3v) is 2.06. The van der Waals surface area contributed by atoms with Crippen LogP contribution in [-0.4, -0.2) is 30.6 Å². The van der Waals surface area contributed by atoms with Crippen LogP contribution in [0.15, 0.2) is 0 Å². The summed E-state index contributed by atoms with van der Waals surface area (Å²) in [6.07, 6.45) is -0.128. The molecule has 66 valence electrons. The maximum Gasteiger partial charge on any atom is 0.0978 e. The summed E-state index contributed by atoms with van der Waals surface area (Å²) in [7, 11) is 0. The zero-order valence-corrected chi connectivity index (χ0v) is 6.79. The largest absolute Gasteiger partial charge is 0.393 e. The summed E-state index contributed by atoms with van der Waals surface area (Å²) in [5.41, 5.74) is 0. The first-order chi connectivity index (χ1) is 5.20. The van der Waals surface area contributed by atoms with Crippen LogP contribution in [0, 0.1) is 5.92 Å². The second kappa shape index (κ2) is 4.02.